The molecule has 1 amide bonds. The quantitative estimate of drug-likeness (QED) is 0.877. The van der Waals surface area contributed by atoms with Crippen molar-refractivity contribution in [2.24, 2.45) is 0 Å². The Kier molecular flexibility index (Phi) is 3.28. The van der Waals surface area contributed by atoms with Crippen LogP contribution in [0, 0.1) is 6.92 Å². The van der Waals surface area contributed by atoms with Gasteiger partial charge in [0.15, 0.2) is 0 Å². The number of hydrogen-bond acceptors (Lipinski definition) is 2. The van der Waals surface area contributed by atoms with Crippen LogP contribution in [0.2, 0.25) is 0 Å². The van der Waals surface area contributed by atoms with Crippen LogP contribution in [-0.4, -0.2) is 17.1 Å². The molecule has 1 aliphatic rings. The molecule has 0 spiro atoms. The van der Waals surface area contributed by atoms with Crippen molar-refractivity contribution in [1.82, 2.24) is 5.32 Å². The second-order valence-corrected chi connectivity index (χ2v) is 5.24. The molecule has 0 aromatic heterocycles. The number of carbonyl (C=O) groups excluding carboxylic acids is 1. The van der Waals surface area contributed by atoms with Crippen molar-refractivity contribution in [3.8, 4) is 0 Å². The molecule has 3 rings (SSSR count). The number of nitrogens with one attached hydrogen (secondary N) is 1. The van der Waals surface area contributed by atoms with Gasteiger partial charge in [-0.3, -0.25) is 4.79 Å². The number of hydrogen-bond donors (Lipinski definition) is 2. The minimum atomic E-state index is -0.555. The summed E-state index contributed by atoms with van der Waals surface area (Å²) in [6.45, 7) is 1.91. The maximum absolute atomic E-state index is 12.4. The molecule has 0 fully saturated rings. The smallest absolute Gasteiger partial charge is 0.252 e. The number of benzene rings is 2. The third-order valence-electron chi connectivity index (χ3n) is 3.88. The molecule has 2 aromatic carbocycles. The van der Waals surface area contributed by atoms with E-state index in [-0.39, 0.29) is 11.9 Å². The SMILES string of the molecule is Cc1ccccc1C(=O)NC1c2ccccc2CC1O. The number of aliphatic hydroxyl groups excluding tert-OH is 1. The molecule has 2 aromatic rings. The van der Waals surface area contributed by atoms with Gasteiger partial charge < -0.3 is 10.4 Å². The fourth-order valence-corrected chi connectivity index (χ4v) is 2.79. The first-order chi connectivity index (χ1) is 9.66. The molecular formula is C17H17NO2. The van der Waals surface area contributed by atoms with E-state index in [1.165, 1.54) is 0 Å². The zero-order valence-electron chi connectivity index (χ0n) is 11.3. The van der Waals surface area contributed by atoms with E-state index in [4.69, 9.17) is 0 Å². The van der Waals surface area contributed by atoms with Gasteiger partial charge in [0, 0.05) is 12.0 Å². The van der Waals surface area contributed by atoms with E-state index in [1.54, 1.807) is 6.07 Å². The number of aryl methyl sites for hydroxylation is 1. The van der Waals surface area contributed by atoms with Crippen molar-refractivity contribution in [2.45, 2.75) is 25.5 Å². The summed E-state index contributed by atoms with van der Waals surface area (Å²) in [7, 11) is 0. The summed E-state index contributed by atoms with van der Waals surface area (Å²) in [5, 5.41) is 13.1. The lowest BCUT2D eigenvalue weighted by molar-refractivity contribution is 0.0857. The largest absolute Gasteiger partial charge is 0.390 e. The summed E-state index contributed by atoms with van der Waals surface area (Å²) in [6, 6.07) is 15.0. The third-order valence-corrected chi connectivity index (χ3v) is 3.88. The molecule has 0 bridgehead atoms. The standard InChI is InChI=1S/C17H17NO2/c1-11-6-2-4-8-13(11)17(20)18-16-14-9-5-3-7-12(14)10-15(16)19/h2-9,15-16,19H,10H2,1H3,(H,18,20). The van der Waals surface area contributed by atoms with Crippen LogP contribution in [0.3, 0.4) is 0 Å². The van der Waals surface area contributed by atoms with Gasteiger partial charge in [0.25, 0.3) is 5.91 Å². The van der Waals surface area contributed by atoms with Gasteiger partial charge in [-0.2, -0.15) is 0 Å². The maximum atomic E-state index is 12.4. The second kappa shape index (κ2) is 5.10. The molecule has 1 aliphatic carbocycles. The molecule has 20 heavy (non-hydrogen) atoms. The van der Waals surface area contributed by atoms with Crippen LogP contribution >= 0.6 is 0 Å². The lowest BCUT2D eigenvalue weighted by Crippen LogP contribution is -2.34. The monoisotopic (exact) mass is 267 g/mol. The van der Waals surface area contributed by atoms with Crippen LogP contribution in [-0.2, 0) is 6.42 Å². The topological polar surface area (TPSA) is 49.3 Å². The minimum Gasteiger partial charge on any atom is -0.390 e. The number of carbonyl (C=O) groups is 1. The highest BCUT2D eigenvalue weighted by Gasteiger charge is 2.32. The fraction of sp³-hybridized carbons (Fsp3) is 0.235. The van der Waals surface area contributed by atoms with Crippen molar-refractivity contribution >= 4 is 5.91 Å². The maximum Gasteiger partial charge on any atom is 0.252 e. The van der Waals surface area contributed by atoms with Gasteiger partial charge >= 0.3 is 0 Å². The molecule has 2 atom stereocenters. The van der Waals surface area contributed by atoms with E-state index < -0.39 is 6.10 Å². The molecule has 0 radical (unpaired) electrons. The number of aliphatic hydroxyl groups is 1. The van der Waals surface area contributed by atoms with Crippen LogP contribution in [0.25, 0.3) is 0 Å². The van der Waals surface area contributed by atoms with Crippen LogP contribution in [0.4, 0.5) is 0 Å². The average molecular weight is 267 g/mol. The van der Waals surface area contributed by atoms with Gasteiger partial charge in [-0.1, -0.05) is 42.5 Å². The van der Waals surface area contributed by atoms with Gasteiger partial charge in [0.05, 0.1) is 12.1 Å². The normalized spacial score (nSPS) is 20.5. The Hall–Kier alpha value is -2.13. The summed E-state index contributed by atoms with van der Waals surface area (Å²) < 4.78 is 0. The lowest BCUT2D eigenvalue weighted by atomic mass is 10.1. The van der Waals surface area contributed by atoms with E-state index in [1.807, 2.05) is 49.4 Å². The molecule has 0 saturated heterocycles. The molecule has 0 heterocycles. The summed E-state index contributed by atoms with van der Waals surface area (Å²) >= 11 is 0. The summed E-state index contributed by atoms with van der Waals surface area (Å²) in [5.74, 6) is -0.135. The van der Waals surface area contributed by atoms with Crippen LogP contribution in [0.1, 0.15) is 33.1 Å². The Balaban J connectivity index is 1.85. The fourth-order valence-electron chi connectivity index (χ4n) is 2.79. The van der Waals surface area contributed by atoms with Gasteiger partial charge in [-0.15, -0.1) is 0 Å². The van der Waals surface area contributed by atoms with Crippen molar-refractivity contribution in [2.75, 3.05) is 0 Å². The minimum absolute atomic E-state index is 0.135. The van der Waals surface area contributed by atoms with Crippen LogP contribution in [0.5, 0.6) is 0 Å². The highest BCUT2D eigenvalue weighted by Crippen LogP contribution is 2.31. The van der Waals surface area contributed by atoms with E-state index in [2.05, 4.69) is 5.32 Å². The predicted octanol–water partition coefficient (Wildman–Crippen LogP) is 2.38. The van der Waals surface area contributed by atoms with Crippen molar-refractivity contribution in [1.29, 1.82) is 0 Å². The van der Waals surface area contributed by atoms with Crippen molar-refractivity contribution < 1.29 is 9.90 Å². The van der Waals surface area contributed by atoms with E-state index in [0.29, 0.717) is 12.0 Å². The zero-order valence-corrected chi connectivity index (χ0v) is 11.3. The van der Waals surface area contributed by atoms with E-state index >= 15 is 0 Å². The summed E-state index contributed by atoms with van der Waals surface area (Å²) in [5.41, 5.74) is 3.71. The van der Waals surface area contributed by atoms with Gasteiger partial charge in [-0.25, -0.2) is 0 Å². The van der Waals surface area contributed by atoms with E-state index in [9.17, 15) is 9.90 Å². The van der Waals surface area contributed by atoms with Crippen molar-refractivity contribution in [3.63, 3.8) is 0 Å². The second-order valence-electron chi connectivity index (χ2n) is 5.24. The average Bonchev–Trinajstić information content (AvgIpc) is 2.76. The Morgan fingerprint density at radius 1 is 1.15 bits per heavy atom. The number of fused-ring (bicyclic) bond motifs is 1. The summed E-state index contributed by atoms with van der Waals surface area (Å²) in [6.07, 6.45) is 0.0369. The molecular weight excluding hydrogens is 250 g/mol. The predicted molar refractivity (Wildman–Crippen MR) is 77.5 cm³/mol. The third kappa shape index (κ3) is 2.21. The highest BCUT2D eigenvalue weighted by molar-refractivity contribution is 5.95. The first-order valence-electron chi connectivity index (χ1n) is 6.79. The Morgan fingerprint density at radius 3 is 2.65 bits per heavy atom. The Labute approximate surface area is 118 Å². The summed E-state index contributed by atoms with van der Waals surface area (Å²) in [4.78, 5) is 12.4. The molecule has 0 saturated carbocycles. The molecule has 0 aliphatic heterocycles. The molecule has 102 valence electrons. The first kappa shape index (κ1) is 12.9. The van der Waals surface area contributed by atoms with Crippen LogP contribution in [0.15, 0.2) is 48.5 Å². The van der Waals surface area contributed by atoms with Crippen LogP contribution < -0.4 is 5.32 Å². The van der Waals surface area contributed by atoms with E-state index in [0.717, 1.165) is 16.7 Å². The number of rotatable bonds is 2. The van der Waals surface area contributed by atoms with Gasteiger partial charge in [-0.05, 0) is 29.7 Å². The number of amides is 1. The van der Waals surface area contributed by atoms with Crippen molar-refractivity contribution in [3.05, 3.63) is 70.8 Å². The molecule has 3 nitrogen and oxygen atoms in total. The lowest BCUT2D eigenvalue weighted by Gasteiger charge is -2.18. The first-order valence-corrected chi connectivity index (χ1v) is 6.79. The van der Waals surface area contributed by atoms with Gasteiger partial charge in [0.1, 0.15) is 0 Å². The molecule has 2 unspecified atom stereocenters. The molecule has 3 heteroatoms. The highest BCUT2D eigenvalue weighted by atomic mass is 16.3. The Bertz CT molecular complexity index is 651. The Morgan fingerprint density at radius 2 is 1.85 bits per heavy atom. The zero-order chi connectivity index (χ0) is 14.1. The molecule has 2 N–H and O–H groups in total. The van der Waals surface area contributed by atoms with Gasteiger partial charge in [0.2, 0.25) is 0 Å².